The van der Waals surface area contributed by atoms with Crippen molar-refractivity contribution in [1.29, 1.82) is 0 Å². The largest absolute Gasteiger partial charge is 0.337 e. The molecule has 1 aliphatic rings. The van der Waals surface area contributed by atoms with E-state index in [9.17, 15) is 0 Å². The van der Waals surface area contributed by atoms with Crippen LogP contribution in [0.2, 0.25) is 5.02 Å². The van der Waals surface area contributed by atoms with Crippen molar-refractivity contribution in [1.82, 2.24) is 4.90 Å². The minimum Gasteiger partial charge on any atom is -0.337 e. The summed E-state index contributed by atoms with van der Waals surface area (Å²) in [5, 5.41) is 4.36. The standard InChI is InChI=1S/C22H28ClN3/c1-3-17(4-2)16-26-20(14-18-10-8-9-13-21(18)23)15-24-22(26)25-19-11-6-5-7-12-19/h5-13,17,20H,3-4,14-16H2,1-2H3,(H,24,25)/t20-/m0/s1. The van der Waals surface area contributed by atoms with Gasteiger partial charge in [0, 0.05) is 17.3 Å². The van der Waals surface area contributed by atoms with Gasteiger partial charge in [0.15, 0.2) is 5.96 Å². The molecule has 1 N–H and O–H groups in total. The molecule has 0 amide bonds. The molecular formula is C22H28ClN3. The van der Waals surface area contributed by atoms with Crippen molar-refractivity contribution < 1.29 is 0 Å². The van der Waals surface area contributed by atoms with E-state index in [1.807, 2.05) is 30.3 Å². The molecular weight excluding hydrogens is 342 g/mol. The molecule has 1 heterocycles. The number of guanidine groups is 1. The van der Waals surface area contributed by atoms with E-state index in [1.165, 1.54) is 18.4 Å². The molecule has 138 valence electrons. The Balaban J connectivity index is 1.77. The van der Waals surface area contributed by atoms with E-state index in [0.29, 0.717) is 12.0 Å². The van der Waals surface area contributed by atoms with Gasteiger partial charge in [-0.3, -0.25) is 4.99 Å². The number of hydrogen-bond acceptors (Lipinski definition) is 3. The van der Waals surface area contributed by atoms with Crippen LogP contribution in [0.5, 0.6) is 0 Å². The maximum atomic E-state index is 6.41. The topological polar surface area (TPSA) is 27.6 Å². The van der Waals surface area contributed by atoms with Crippen molar-refractivity contribution >= 4 is 23.2 Å². The SMILES string of the molecule is CCC(CC)CN1C(Nc2ccccc2)=NC[C@@H]1Cc1ccccc1Cl. The zero-order chi connectivity index (χ0) is 18.4. The molecule has 3 rings (SSSR count). The van der Waals surface area contributed by atoms with Crippen LogP contribution >= 0.6 is 11.6 Å². The van der Waals surface area contributed by atoms with E-state index in [1.54, 1.807) is 0 Å². The number of para-hydroxylation sites is 1. The summed E-state index contributed by atoms with van der Waals surface area (Å²) in [5.41, 5.74) is 2.28. The van der Waals surface area contributed by atoms with E-state index in [4.69, 9.17) is 16.6 Å². The highest BCUT2D eigenvalue weighted by atomic mass is 35.5. The van der Waals surface area contributed by atoms with Crippen LogP contribution in [0.4, 0.5) is 5.69 Å². The summed E-state index contributed by atoms with van der Waals surface area (Å²) in [5.74, 6) is 1.66. The van der Waals surface area contributed by atoms with E-state index < -0.39 is 0 Å². The molecule has 0 saturated heterocycles. The highest BCUT2D eigenvalue weighted by molar-refractivity contribution is 6.31. The molecule has 0 bridgehead atoms. The second kappa shape index (κ2) is 9.09. The Labute approximate surface area is 162 Å². The van der Waals surface area contributed by atoms with Gasteiger partial charge >= 0.3 is 0 Å². The van der Waals surface area contributed by atoms with E-state index in [-0.39, 0.29) is 0 Å². The van der Waals surface area contributed by atoms with Gasteiger partial charge in [0.1, 0.15) is 0 Å². The summed E-state index contributed by atoms with van der Waals surface area (Å²) in [7, 11) is 0. The lowest BCUT2D eigenvalue weighted by Crippen LogP contribution is -2.43. The van der Waals surface area contributed by atoms with Crippen molar-refractivity contribution in [3.05, 3.63) is 65.2 Å². The van der Waals surface area contributed by atoms with Crippen LogP contribution in [0.3, 0.4) is 0 Å². The molecule has 1 aliphatic heterocycles. The van der Waals surface area contributed by atoms with Crippen LogP contribution in [-0.4, -0.2) is 30.0 Å². The smallest absolute Gasteiger partial charge is 0.198 e. The molecule has 2 aromatic carbocycles. The Morgan fingerprint density at radius 3 is 2.46 bits per heavy atom. The predicted molar refractivity (Wildman–Crippen MR) is 112 cm³/mol. The molecule has 0 radical (unpaired) electrons. The lowest BCUT2D eigenvalue weighted by Gasteiger charge is -2.31. The molecule has 3 nitrogen and oxygen atoms in total. The lowest BCUT2D eigenvalue weighted by molar-refractivity contribution is 0.277. The van der Waals surface area contributed by atoms with Gasteiger partial charge in [-0.2, -0.15) is 0 Å². The number of anilines is 1. The maximum Gasteiger partial charge on any atom is 0.198 e. The quantitative estimate of drug-likeness (QED) is 0.700. The third kappa shape index (κ3) is 4.59. The molecule has 0 saturated carbocycles. The predicted octanol–water partition coefficient (Wildman–Crippen LogP) is 5.47. The zero-order valence-corrected chi connectivity index (χ0v) is 16.4. The molecule has 0 aromatic heterocycles. The van der Waals surface area contributed by atoms with Gasteiger partial charge in [-0.1, -0.05) is 74.7 Å². The zero-order valence-electron chi connectivity index (χ0n) is 15.7. The number of halogens is 1. The fourth-order valence-corrected chi connectivity index (χ4v) is 3.68. The molecule has 26 heavy (non-hydrogen) atoms. The summed E-state index contributed by atoms with van der Waals surface area (Å²) in [4.78, 5) is 7.28. The van der Waals surface area contributed by atoms with Gasteiger partial charge in [-0.05, 0) is 36.1 Å². The Morgan fingerprint density at radius 2 is 1.77 bits per heavy atom. The van der Waals surface area contributed by atoms with Crippen LogP contribution in [-0.2, 0) is 6.42 Å². The number of nitrogens with zero attached hydrogens (tertiary/aromatic N) is 2. The molecule has 0 aliphatic carbocycles. The van der Waals surface area contributed by atoms with Crippen molar-refractivity contribution in [3.8, 4) is 0 Å². The van der Waals surface area contributed by atoms with Gasteiger partial charge in [-0.15, -0.1) is 0 Å². The van der Waals surface area contributed by atoms with Crippen LogP contribution in [0, 0.1) is 5.92 Å². The second-order valence-corrected chi connectivity index (χ2v) is 7.35. The summed E-state index contributed by atoms with van der Waals surface area (Å²) in [6.07, 6.45) is 3.29. The normalized spacial score (nSPS) is 16.8. The number of rotatable bonds is 7. The summed E-state index contributed by atoms with van der Waals surface area (Å²) < 4.78 is 0. The van der Waals surface area contributed by atoms with Gasteiger partial charge in [0.25, 0.3) is 0 Å². The monoisotopic (exact) mass is 369 g/mol. The van der Waals surface area contributed by atoms with Crippen molar-refractivity contribution in [2.45, 2.75) is 39.2 Å². The fraction of sp³-hybridized carbons (Fsp3) is 0.409. The number of nitrogens with one attached hydrogen (secondary N) is 1. The lowest BCUT2D eigenvalue weighted by atomic mass is 10.00. The molecule has 1 atom stereocenters. The van der Waals surface area contributed by atoms with Crippen LogP contribution in [0.25, 0.3) is 0 Å². The number of benzene rings is 2. The van der Waals surface area contributed by atoms with Crippen LogP contribution in [0.15, 0.2) is 59.6 Å². The summed E-state index contributed by atoms with van der Waals surface area (Å²) in [6, 6.07) is 18.8. The average Bonchev–Trinajstić information content (AvgIpc) is 3.03. The third-order valence-electron chi connectivity index (χ3n) is 5.22. The van der Waals surface area contributed by atoms with Crippen molar-refractivity contribution in [2.75, 3.05) is 18.4 Å². The van der Waals surface area contributed by atoms with Gasteiger partial charge < -0.3 is 10.2 Å². The molecule has 2 aromatic rings. The number of hydrogen-bond donors (Lipinski definition) is 1. The minimum atomic E-state index is 0.349. The highest BCUT2D eigenvalue weighted by Crippen LogP contribution is 2.24. The van der Waals surface area contributed by atoms with Gasteiger partial charge in [0.2, 0.25) is 0 Å². The van der Waals surface area contributed by atoms with E-state index in [2.05, 4.69) is 48.3 Å². The first kappa shape index (κ1) is 18.8. The Bertz CT molecular complexity index is 725. The maximum absolute atomic E-state index is 6.41. The molecule has 0 spiro atoms. The van der Waals surface area contributed by atoms with Crippen LogP contribution < -0.4 is 5.32 Å². The van der Waals surface area contributed by atoms with E-state index >= 15 is 0 Å². The summed E-state index contributed by atoms with van der Waals surface area (Å²) >= 11 is 6.41. The van der Waals surface area contributed by atoms with Gasteiger partial charge in [-0.25, -0.2) is 0 Å². The van der Waals surface area contributed by atoms with Crippen LogP contribution in [0.1, 0.15) is 32.3 Å². The highest BCUT2D eigenvalue weighted by Gasteiger charge is 2.29. The molecule has 0 fully saturated rings. The minimum absolute atomic E-state index is 0.349. The Morgan fingerprint density at radius 1 is 1.08 bits per heavy atom. The first-order valence-corrected chi connectivity index (χ1v) is 9.95. The second-order valence-electron chi connectivity index (χ2n) is 6.94. The van der Waals surface area contributed by atoms with E-state index in [0.717, 1.165) is 36.2 Å². The van der Waals surface area contributed by atoms with Crippen molar-refractivity contribution in [2.24, 2.45) is 10.9 Å². The first-order chi connectivity index (χ1) is 12.7. The number of aliphatic imine (C=N–C) groups is 1. The molecule has 0 unspecified atom stereocenters. The average molecular weight is 370 g/mol. The van der Waals surface area contributed by atoms with Gasteiger partial charge in [0.05, 0.1) is 12.6 Å². The molecule has 4 heteroatoms. The Hall–Kier alpha value is -2.00. The van der Waals surface area contributed by atoms with Crippen molar-refractivity contribution in [3.63, 3.8) is 0 Å². The first-order valence-electron chi connectivity index (χ1n) is 9.57. The third-order valence-corrected chi connectivity index (χ3v) is 5.59. The Kier molecular flexibility index (Phi) is 6.56. The fourth-order valence-electron chi connectivity index (χ4n) is 3.47. The summed E-state index contributed by atoms with van der Waals surface area (Å²) in [6.45, 7) is 6.38.